The number of carbonyl (C=O) groups excluding carboxylic acids is 1. The van der Waals surface area contributed by atoms with E-state index in [4.69, 9.17) is 9.47 Å². The first-order valence-corrected chi connectivity index (χ1v) is 9.04. The zero-order chi connectivity index (χ0) is 18.4. The highest BCUT2D eigenvalue weighted by Gasteiger charge is 2.23. The normalized spacial score (nSPS) is 17.3. The molecule has 1 fully saturated rings. The zero-order valence-corrected chi connectivity index (χ0v) is 15.4. The minimum absolute atomic E-state index is 0.0694. The monoisotopic (exact) mass is 354 g/mol. The summed E-state index contributed by atoms with van der Waals surface area (Å²) in [6.45, 7) is 1.52. The van der Waals surface area contributed by atoms with Crippen molar-refractivity contribution in [3.05, 3.63) is 54.1 Å². The Kier molecular flexibility index (Phi) is 6.00. The van der Waals surface area contributed by atoms with Crippen molar-refractivity contribution in [1.29, 1.82) is 0 Å². The Balaban J connectivity index is 1.70. The molecule has 0 radical (unpaired) electrons. The van der Waals surface area contributed by atoms with Gasteiger partial charge < -0.3 is 19.7 Å². The molecular formula is C21H26N2O3. The number of hydrogen-bond donors (Lipinski definition) is 1. The summed E-state index contributed by atoms with van der Waals surface area (Å²) in [7, 11) is 3.18. The van der Waals surface area contributed by atoms with E-state index in [0.717, 1.165) is 32.4 Å². The summed E-state index contributed by atoms with van der Waals surface area (Å²) in [5.74, 6) is 1.63. The highest BCUT2D eigenvalue weighted by Crippen LogP contribution is 2.30. The molecule has 1 atom stereocenters. The lowest BCUT2D eigenvalue weighted by Crippen LogP contribution is -2.37. The molecule has 5 heteroatoms. The summed E-state index contributed by atoms with van der Waals surface area (Å²) in [5.41, 5.74) is 2.01. The maximum Gasteiger partial charge on any atom is 0.321 e. The first kappa shape index (κ1) is 18.1. The molecule has 138 valence electrons. The van der Waals surface area contributed by atoms with Gasteiger partial charge in [0.25, 0.3) is 0 Å². The van der Waals surface area contributed by atoms with E-state index in [0.29, 0.717) is 23.1 Å². The Hall–Kier alpha value is -2.69. The van der Waals surface area contributed by atoms with Gasteiger partial charge in [0.15, 0.2) is 11.5 Å². The van der Waals surface area contributed by atoms with E-state index in [9.17, 15) is 4.79 Å². The SMILES string of the molecule is COc1ccc(NC(=O)N2CCCCC(c3ccccc3)C2)cc1OC. The van der Waals surface area contributed by atoms with Crippen LogP contribution in [0.1, 0.15) is 30.7 Å². The minimum Gasteiger partial charge on any atom is -0.493 e. The van der Waals surface area contributed by atoms with Crippen LogP contribution in [0.15, 0.2) is 48.5 Å². The topological polar surface area (TPSA) is 50.8 Å². The number of amides is 2. The molecule has 2 aromatic rings. The number of benzene rings is 2. The number of carbonyl (C=O) groups is 1. The summed E-state index contributed by atoms with van der Waals surface area (Å²) in [6, 6.07) is 15.8. The van der Waals surface area contributed by atoms with Crippen molar-refractivity contribution in [2.45, 2.75) is 25.2 Å². The van der Waals surface area contributed by atoms with E-state index in [1.807, 2.05) is 17.0 Å². The smallest absolute Gasteiger partial charge is 0.321 e. The van der Waals surface area contributed by atoms with Crippen LogP contribution in [0.5, 0.6) is 11.5 Å². The number of urea groups is 1. The van der Waals surface area contributed by atoms with Crippen LogP contribution in [-0.4, -0.2) is 38.2 Å². The standard InChI is InChI=1S/C21H26N2O3/c1-25-19-12-11-18(14-20(19)26-2)22-21(24)23-13-7-6-10-17(15-23)16-8-4-3-5-9-16/h3-5,8-9,11-12,14,17H,6-7,10,13,15H2,1-2H3,(H,22,24). The second-order valence-electron chi connectivity index (χ2n) is 6.55. The van der Waals surface area contributed by atoms with E-state index >= 15 is 0 Å². The summed E-state index contributed by atoms with van der Waals surface area (Å²) in [6.07, 6.45) is 3.28. The molecule has 5 nitrogen and oxygen atoms in total. The fraction of sp³-hybridized carbons (Fsp3) is 0.381. The van der Waals surface area contributed by atoms with Crippen molar-refractivity contribution < 1.29 is 14.3 Å². The molecule has 1 aliphatic heterocycles. The molecule has 0 bridgehead atoms. The summed E-state index contributed by atoms with van der Waals surface area (Å²) < 4.78 is 10.6. The number of rotatable bonds is 4. The van der Waals surface area contributed by atoms with Crippen molar-refractivity contribution in [2.75, 3.05) is 32.6 Å². The van der Waals surface area contributed by atoms with Crippen LogP contribution in [0.4, 0.5) is 10.5 Å². The lowest BCUT2D eigenvalue weighted by Gasteiger charge is -2.25. The van der Waals surface area contributed by atoms with Gasteiger partial charge in [-0.2, -0.15) is 0 Å². The molecule has 0 spiro atoms. The second kappa shape index (κ2) is 8.61. The minimum atomic E-state index is -0.0694. The molecule has 0 aliphatic carbocycles. The Bertz CT molecular complexity index is 733. The highest BCUT2D eigenvalue weighted by atomic mass is 16.5. The molecule has 1 saturated heterocycles. The van der Waals surface area contributed by atoms with Crippen LogP contribution in [0.2, 0.25) is 0 Å². The van der Waals surface area contributed by atoms with Crippen LogP contribution in [0, 0.1) is 0 Å². The van der Waals surface area contributed by atoms with Gasteiger partial charge in [-0.05, 0) is 30.5 Å². The van der Waals surface area contributed by atoms with E-state index in [2.05, 4.69) is 29.6 Å². The Labute approximate surface area is 154 Å². The molecular weight excluding hydrogens is 328 g/mol. The average Bonchev–Trinajstić information content (AvgIpc) is 2.95. The Morgan fingerprint density at radius 1 is 1.04 bits per heavy atom. The molecule has 2 amide bonds. The summed E-state index contributed by atoms with van der Waals surface area (Å²) in [5, 5.41) is 2.99. The third kappa shape index (κ3) is 4.28. The van der Waals surface area contributed by atoms with Crippen molar-refractivity contribution in [3.8, 4) is 11.5 Å². The number of anilines is 1. The predicted molar refractivity (Wildman–Crippen MR) is 103 cm³/mol. The predicted octanol–water partition coefficient (Wildman–Crippen LogP) is 4.51. The molecule has 1 heterocycles. The number of nitrogens with one attached hydrogen (secondary N) is 1. The van der Waals surface area contributed by atoms with Gasteiger partial charge in [-0.1, -0.05) is 36.8 Å². The third-order valence-electron chi connectivity index (χ3n) is 4.86. The number of hydrogen-bond acceptors (Lipinski definition) is 3. The largest absolute Gasteiger partial charge is 0.493 e. The van der Waals surface area contributed by atoms with E-state index in [1.54, 1.807) is 26.4 Å². The lowest BCUT2D eigenvalue weighted by molar-refractivity contribution is 0.211. The molecule has 3 rings (SSSR count). The van der Waals surface area contributed by atoms with Crippen molar-refractivity contribution in [3.63, 3.8) is 0 Å². The number of methoxy groups -OCH3 is 2. The molecule has 2 aromatic carbocycles. The Morgan fingerprint density at radius 2 is 1.81 bits per heavy atom. The van der Waals surface area contributed by atoms with Gasteiger partial charge >= 0.3 is 6.03 Å². The van der Waals surface area contributed by atoms with E-state index < -0.39 is 0 Å². The van der Waals surface area contributed by atoms with Crippen LogP contribution >= 0.6 is 0 Å². The van der Waals surface area contributed by atoms with Crippen molar-refractivity contribution in [1.82, 2.24) is 4.90 Å². The van der Waals surface area contributed by atoms with Gasteiger partial charge in [0.05, 0.1) is 14.2 Å². The van der Waals surface area contributed by atoms with Gasteiger partial charge in [-0.3, -0.25) is 0 Å². The van der Waals surface area contributed by atoms with Crippen LogP contribution in [-0.2, 0) is 0 Å². The summed E-state index contributed by atoms with van der Waals surface area (Å²) in [4.78, 5) is 14.7. The number of nitrogens with zero attached hydrogens (tertiary/aromatic N) is 1. The van der Waals surface area contributed by atoms with E-state index in [1.165, 1.54) is 5.56 Å². The third-order valence-corrected chi connectivity index (χ3v) is 4.86. The van der Waals surface area contributed by atoms with Crippen molar-refractivity contribution >= 4 is 11.7 Å². The van der Waals surface area contributed by atoms with Gasteiger partial charge in [0.2, 0.25) is 0 Å². The van der Waals surface area contributed by atoms with Gasteiger partial charge in [-0.25, -0.2) is 4.79 Å². The molecule has 0 saturated carbocycles. The van der Waals surface area contributed by atoms with Gasteiger partial charge in [0.1, 0.15) is 0 Å². The number of likely N-dealkylation sites (tertiary alicyclic amines) is 1. The van der Waals surface area contributed by atoms with Gasteiger partial charge in [-0.15, -0.1) is 0 Å². The number of ether oxygens (including phenoxy) is 2. The molecule has 1 aliphatic rings. The molecule has 1 N–H and O–H groups in total. The van der Waals surface area contributed by atoms with Crippen LogP contribution in [0.25, 0.3) is 0 Å². The highest BCUT2D eigenvalue weighted by molar-refractivity contribution is 5.89. The van der Waals surface area contributed by atoms with Gasteiger partial charge in [0, 0.05) is 30.8 Å². The Morgan fingerprint density at radius 3 is 2.54 bits per heavy atom. The fourth-order valence-electron chi connectivity index (χ4n) is 3.44. The first-order valence-electron chi connectivity index (χ1n) is 9.04. The molecule has 26 heavy (non-hydrogen) atoms. The first-order chi connectivity index (χ1) is 12.7. The molecule has 1 unspecified atom stereocenters. The van der Waals surface area contributed by atoms with Crippen molar-refractivity contribution in [2.24, 2.45) is 0 Å². The van der Waals surface area contributed by atoms with Crippen LogP contribution in [0.3, 0.4) is 0 Å². The quantitative estimate of drug-likeness (QED) is 0.879. The summed E-state index contributed by atoms with van der Waals surface area (Å²) >= 11 is 0. The average molecular weight is 354 g/mol. The lowest BCUT2D eigenvalue weighted by atomic mass is 9.94. The van der Waals surface area contributed by atoms with Crippen LogP contribution < -0.4 is 14.8 Å². The second-order valence-corrected chi connectivity index (χ2v) is 6.55. The maximum atomic E-state index is 12.8. The zero-order valence-electron chi connectivity index (χ0n) is 15.4. The molecule has 0 aromatic heterocycles. The fourth-order valence-corrected chi connectivity index (χ4v) is 3.44. The van der Waals surface area contributed by atoms with E-state index in [-0.39, 0.29) is 6.03 Å². The maximum absolute atomic E-state index is 12.8.